The average Bonchev–Trinajstić information content (AvgIpc) is 3.60. The van der Waals surface area contributed by atoms with Crippen molar-refractivity contribution < 1.29 is 19.2 Å². The normalized spacial score (nSPS) is 29.3. The van der Waals surface area contributed by atoms with Gasteiger partial charge in [0.15, 0.2) is 0 Å². The van der Waals surface area contributed by atoms with Crippen molar-refractivity contribution in [3.8, 4) is 0 Å². The summed E-state index contributed by atoms with van der Waals surface area (Å²) in [5.74, 6) is -0.153. The number of anilines is 1. The molecule has 6 rings (SSSR count). The van der Waals surface area contributed by atoms with E-state index in [9.17, 15) is 14.4 Å². The number of carbonyl (C=O) groups excluding carboxylic acids is 3. The summed E-state index contributed by atoms with van der Waals surface area (Å²) in [4.78, 5) is 50.4. The molecule has 35 heavy (non-hydrogen) atoms. The Morgan fingerprint density at radius 2 is 1.71 bits per heavy atom. The topological polar surface area (TPSA) is 76.6 Å². The first-order chi connectivity index (χ1) is 16.9. The van der Waals surface area contributed by atoms with Crippen LogP contribution in [0.4, 0.5) is 10.5 Å². The van der Waals surface area contributed by atoms with Crippen LogP contribution in [0.5, 0.6) is 0 Å². The molecule has 0 aliphatic carbocycles. The maximum Gasteiger partial charge on any atom is 0.434 e. The Hall–Kier alpha value is -2.36. The molecule has 10 heteroatoms. The molecular formula is C25H32ClN5O4. The molecule has 3 amide bonds. The lowest BCUT2D eigenvalue weighted by atomic mass is 10.0. The molecule has 0 bridgehead atoms. The third-order valence-corrected chi connectivity index (χ3v) is 8.60. The molecule has 1 aromatic carbocycles. The molecule has 0 aromatic heterocycles. The number of piperazine rings is 1. The second-order valence-electron chi connectivity index (χ2n) is 10.6. The van der Waals surface area contributed by atoms with E-state index in [1.54, 1.807) is 4.90 Å². The lowest BCUT2D eigenvalue weighted by molar-refractivity contribution is -0.173. The van der Waals surface area contributed by atoms with Crippen LogP contribution in [0.2, 0.25) is 5.02 Å². The fourth-order valence-corrected chi connectivity index (χ4v) is 6.74. The van der Waals surface area contributed by atoms with Gasteiger partial charge in [0.1, 0.15) is 0 Å². The van der Waals surface area contributed by atoms with E-state index in [2.05, 4.69) is 26.8 Å². The highest BCUT2D eigenvalue weighted by Crippen LogP contribution is 2.35. The van der Waals surface area contributed by atoms with Crippen molar-refractivity contribution >= 4 is 35.2 Å². The number of halogens is 1. The Labute approximate surface area is 210 Å². The number of fused-ring (bicyclic) bond motifs is 2. The standard InChI is InChI=1S/C25H32ClN5O4/c26-20-4-3-17(22(10-20)29-9-8-28-7-1-2-21(28)16-29)11-27-12-18-14-30(15-19(18)13-27)25(34)35-31-23(32)5-6-24(31)33/h3-4,10,18-19,21H,1-2,5-9,11-16H2. The van der Waals surface area contributed by atoms with Gasteiger partial charge in [-0.3, -0.25) is 19.4 Å². The highest BCUT2D eigenvalue weighted by Gasteiger charge is 2.44. The molecule has 0 saturated carbocycles. The lowest BCUT2D eigenvalue weighted by Gasteiger charge is -2.40. The molecule has 188 valence electrons. The highest BCUT2D eigenvalue weighted by atomic mass is 35.5. The SMILES string of the molecule is O=C(ON1C(=O)CCC1=O)N1CC2CN(Cc3ccc(Cl)cc3N3CCN4CCCC4C3)CC2C1. The highest BCUT2D eigenvalue weighted by molar-refractivity contribution is 6.30. The first-order valence-electron chi connectivity index (χ1n) is 12.8. The van der Waals surface area contributed by atoms with E-state index in [0.29, 0.717) is 36.0 Å². The Bertz CT molecular complexity index is 1010. The van der Waals surface area contributed by atoms with Gasteiger partial charge >= 0.3 is 6.09 Å². The third kappa shape index (κ3) is 4.49. The summed E-state index contributed by atoms with van der Waals surface area (Å²) in [6.45, 7) is 8.32. The molecule has 3 unspecified atom stereocenters. The van der Waals surface area contributed by atoms with Crippen molar-refractivity contribution in [2.45, 2.75) is 38.3 Å². The first kappa shape index (κ1) is 23.1. The van der Waals surface area contributed by atoms with Gasteiger partial charge in [-0.15, -0.1) is 5.06 Å². The number of amides is 3. The predicted octanol–water partition coefficient (Wildman–Crippen LogP) is 2.19. The van der Waals surface area contributed by atoms with E-state index >= 15 is 0 Å². The largest absolute Gasteiger partial charge is 0.434 e. The van der Waals surface area contributed by atoms with Gasteiger partial charge < -0.3 is 14.6 Å². The summed E-state index contributed by atoms with van der Waals surface area (Å²) < 4.78 is 0. The molecule has 5 heterocycles. The predicted molar refractivity (Wildman–Crippen MR) is 130 cm³/mol. The lowest BCUT2D eigenvalue weighted by Crippen LogP contribution is -2.50. The Kier molecular flexibility index (Phi) is 6.10. The Morgan fingerprint density at radius 1 is 0.971 bits per heavy atom. The van der Waals surface area contributed by atoms with E-state index in [4.69, 9.17) is 16.4 Å². The van der Waals surface area contributed by atoms with Crippen LogP contribution in [-0.4, -0.2) is 96.1 Å². The van der Waals surface area contributed by atoms with Gasteiger partial charge in [0.2, 0.25) is 0 Å². The Balaban J connectivity index is 1.07. The van der Waals surface area contributed by atoms with Crippen molar-refractivity contribution in [3.63, 3.8) is 0 Å². The number of carbonyl (C=O) groups is 3. The van der Waals surface area contributed by atoms with Gasteiger partial charge in [0.25, 0.3) is 11.8 Å². The van der Waals surface area contributed by atoms with Crippen molar-refractivity contribution in [2.24, 2.45) is 11.8 Å². The number of likely N-dealkylation sites (tertiary alicyclic amines) is 2. The molecule has 0 spiro atoms. The van der Waals surface area contributed by atoms with E-state index in [1.807, 2.05) is 6.07 Å². The van der Waals surface area contributed by atoms with Gasteiger partial charge in [0.05, 0.1) is 0 Å². The first-order valence-corrected chi connectivity index (χ1v) is 13.1. The van der Waals surface area contributed by atoms with Crippen LogP contribution in [0.3, 0.4) is 0 Å². The van der Waals surface area contributed by atoms with Crippen LogP contribution in [0.15, 0.2) is 18.2 Å². The number of benzene rings is 1. The zero-order valence-electron chi connectivity index (χ0n) is 19.9. The van der Waals surface area contributed by atoms with Gasteiger partial charge in [-0.25, -0.2) is 4.79 Å². The smallest absolute Gasteiger partial charge is 0.368 e. The zero-order valence-corrected chi connectivity index (χ0v) is 20.7. The molecule has 5 aliphatic rings. The second kappa shape index (κ2) is 9.26. The minimum Gasteiger partial charge on any atom is -0.368 e. The Morgan fingerprint density at radius 3 is 2.46 bits per heavy atom. The molecule has 0 N–H and O–H groups in total. The molecule has 5 saturated heterocycles. The molecule has 5 aliphatic heterocycles. The van der Waals surface area contributed by atoms with Crippen molar-refractivity contribution in [1.82, 2.24) is 19.8 Å². The fraction of sp³-hybridized carbons (Fsp3) is 0.640. The summed E-state index contributed by atoms with van der Waals surface area (Å²) in [6.07, 6.45) is 2.19. The molecular weight excluding hydrogens is 470 g/mol. The maximum absolute atomic E-state index is 12.5. The van der Waals surface area contributed by atoms with Gasteiger partial charge in [-0.1, -0.05) is 17.7 Å². The maximum atomic E-state index is 12.5. The second-order valence-corrected chi connectivity index (χ2v) is 11.0. The van der Waals surface area contributed by atoms with Crippen LogP contribution >= 0.6 is 11.6 Å². The van der Waals surface area contributed by atoms with E-state index in [-0.39, 0.29) is 12.8 Å². The van der Waals surface area contributed by atoms with Crippen LogP contribution in [0, 0.1) is 11.8 Å². The van der Waals surface area contributed by atoms with Crippen LogP contribution in [0.25, 0.3) is 0 Å². The summed E-state index contributed by atoms with van der Waals surface area (Å²) in [5.41, 5.74) is 2.56. The van der Waals surface area contributed by atoms with Crippen molar-refractivity contribution in [1.29, 1.82) is 0 Å². The number of rotatable bonds is 4. The van der Waals surface area contributed by atoms with Crippen molar-refractivity contribution in [2.75, 3.05) is 57.3 Å². The van der Waals surface area contributed by atoms with Gasteiger partial charge in [-0.2, -0.15) is 0 Å². The molecule has 3 atom stereocenters. The van der Waals surface area contributed by atoms with Gasteiger partial charge in [-0.05, 0) is 48.9 Å². The van der Waals surface area contributed by atoms with Crippen molar-refractivity contribution in [3.05, 3.63) is 28.8 Å². The van der Waals surface area contributed by atoms with E-state index in [0.717, 1.165) is 44.3 Å². The molecule has 5 fully saturated rings. The number of hydroxylamine groups is 2. The summed E-state index contributed by atoms with van der Waals surface area (Å²) >= 11 is 6.42. The average molecular weight is 502 g/mol. The minimum absolute atomic E-state index is 0.106. The zero-order chi connectivity index (χ0) is 24.1. The molecule has 0 radical (unpaired) electrons. The fourth-order valence-electron chi connectivity index (χ4n) is 6.58. The van der Waals surface area contributed by atoms with Crippen LogP contribution in [-0.2, 0) is 21.0 Å². The number of imide groups is 1. The van der Waals surface area contributed by atoms with Gasteiger partial charge in [0, 0.05) is 82.0 Å². The summed E-state index contributed by atoms with van der Waals surface area (Å²) in [7, 11) is 0. The number of hydrogen-bond donors (Lipinski definition) is 0. The number of hydrogen-bond acceptors (Lipinski definition) is 7. The van der Waals surface area contributed by atoms with E-state index < -0.39 is 17.9 Å². The van der Waals surface area contributed by atoms with E-state index in [1.165, 1.54) is 30.6 Å². The minimum atomic E-state index is -0.597. The summed E-state index contributed by atoms with van der Waals surface area (Å²) in [6, 6.07) is 6.93. The molecule has 1 aromatic rings. The summed E-state index contributed by atoms with van der Waals surface area (Å²) in [5, 5.41) is 1.41. The monoisotopic (exact) mass is 501 g/mol. The third-order valence-electron chi connectivity index (χ3n) is 8.36. The molecule has 9 nitrogen and oxygen atoms in total. The van der Waals surface area contributed by atoms with Crippen LogP contribution < -0.4 is 4.90 Å². The number of nitrogens with zero attached hydrogens (tertiary/aromatic N) is 5. The van der Waals surface area contributed by atoms with Crippen LogP contribution in [0.1, 0.15) is 31.2 Å². The quantitative estimate of drug-likeness (QED) is 0.585.